The molecule has 0 heterocycles. The fraction of sp³-hybridized carbons (Fsp3) is 0.226. The lowest BCUT2D eigenvalue weighted by molar-refractivity contribution is -0.00313. The largest absolute Gasteiger partial charge is 0.490 e. The molecule has 0 aliphatic heterocycles. The van der Waals surface area contributed by atoms with Gasteiger partial charge in [-0.1, -0.05) is 0 Å². The van der Waals surface area contributed by atoms with Crippen LogP contribution in [0.25, 0.3) is 0 Å². The van der Waals surface area contributed by atoms with Crippen molar-refractivity contribution in [2.24, 2.45) is 0 Å². The first-order valence-corrected chi connectivity index (χ1v) is 13.0. The van der Waals surface area contributed by atoms with Crippen molar-refractivity contribution in [2.75, 3.05) is 29.5 Å². The standard InChI is InChI=1S/C31H36N4O4/c32-22-5-13-26(14-6-22)36-21-30(37-27-15-7-23(33)8-16-27)3-1-2-4-31(38-28-17-9-24(34)10-18-28)39-29-19-11-25(35)12-20-29/h5-20,30-31H,1-4,21,32-35H2. The average molecular weight is 529 g/mol. The lowest BCUT2D eigenvalue weighted by Gasteiger charge is -2.22. The van der Waals surface area contributed by atoms with E-state index in [-0.39, 0.29) is 6.10 Å². The van der Waals surface area contributed by atoms with Crippen LogP contribution in [0.4, 0.5) is 22.7 Å². The van der Waals surface area contributed by atoms with Gasteiger partial charge in [0, 0.05) is 29.2 Å². The van der Waals surface area contributed by atoms with Crippen molar-refractivity contribution >= 4 is 22.7 Å². The van der Waals surface area contributed by atoms with Crippen LogP contribution in [0, 0.1) is 0 Å². The molecule has 0 fully saturated rings. The molecule has 0 aliphatic carbocycles. The molecule has 0 aromatic heterocycles. The molecule has 4 aromatic rings. The van der Waals surface area contributed by atoms with Gasteiger partial charge in [-0.2, -0.15) is 0 Å². The third kappa shape index (κ3) is 9.27. The summed E-state index contributed by atoms with van der Waals surface area (Å²) in [5, 5.41) is 0. The van der Waals surface area contributed by atoms with Crippen LogP contribution < -0.4 is 41.9 Å². The van der Waals surface area contributed by atoms with E-state index in [1.165, 1.54) is 0 Å². The molecule has 0 bridgehead atoms. The lowest BCUT2D eigenvalue weighted by atomic mass is 10.1. The molecule has 0 radical (unpaired) electrons. The quantitative estimate of drug-likeness (QED) is 0.0902. The average Bonchev–Trinajstić information content (AvgIpc) is 2.94. The summed E-state index contributed by atoms with van der Waals surface area (Å²) in [7, 11) is 0. The molecule has 1 atom stereocenters. The zero-order chi connectivity index (χ0) is 27.5. The molecule has 8 heteroatoms. The van der Waals surface area contributed by atoms with Crippen LogP contribution in [0.3, 0.4) is 0 Å². The van der Waals surface area contributed by atoms with Crippen LogP contribution in [0.1, 0.15) is 25.7 Å². The van der Waals surface area contributed by atoms with Gasteiger partial charge >= 0.3 is 0 Å². The lowest BCUT2D eigenvalue weighted by Crippen LogP contribution is -2.26. The Morgan fingerprint density at radius 1 is 0.436 bits per heavy atom. The van der Waals surface area contributed by atoms with E-state index in [1.807, 2.05) is 72.8 Å². The molecular formula is C31H36N4O4. The minimum atomic E-state index is -0.486. The zero-order valence-electron chi connectivity index (χ0n) is 21.9. The maximum Gasteiger partial charge on any atom is 0.241 e. The first-order chi connectivity index (χ1) is 18.9. The molecule has 4 aromatic carbocycles. The fourth-order valence-electron chi connectivity index (χ4n) is 3.89. The van der Waals surface area contributed by atoms with Crippen molar-refractivity contribution in [3.05, 3.63) is 97.1 Å². The molecule has 8 N–H and O–H groups in total. The van der Waals surface area contributed by atoms with Gasteiger partial charge in [-0.3, -0.25) is 0 Å². The van der Waals surface area contributed by atoms with E-state index in [1.54, 1.807) is 24.3 Å². The topological polar surface area (TPSA) is 141 Å². The summed E-state index contributed by atoms with van der Waals surface area (Å²) in [6, 6.07) is 29.2. The van der Waals surface area contributed by atoms with Gasteiger partial charge in [-0.05, 0) is 116 Å². The molecular weight excluding hydrogens is 492 g/mol. The van der Waals surface area contributed by atoms with Gasteiger partial charge in [0.1, 0.15) is 35.7 Å². The molecule has 39 heavy (non-hydrogen) atoms. The summed E-state index contributed by atoms with van der Waals surface area (Å²) in [5.74, 6) is 2.85. The first kappa shape index (κ1) is 27.3. The number of nitrogen functional groups attached to an aromatic ring is 4. The van der Waals surface area contributed by atoms with E-state index in [0.717, 1.165) is 30.8 Å². The third-order valence-electron chi connectivity index (χ3n) is 6.01. The van der Waals surface area contributed by atoms with Crippen molar-refractivity contribution in [1.29, 1.82) is 0 Å². The van der Waals surface area contributed by atoms with Gasteiger partial charge in [0.05, 0.1) is 0 Å². The summed E-state index contributed by atoms with van der Waals surface area (Å²) in [5.41, 5.74) is 26.0. The van der Waals surface area contributed by atoms with Gasteiger partial charge in [0.25, 0.3) is 0 Å². The minimum Gasteiger partial charge on any atom is -0.490 e. The van der Waals surface area contributed by atoms with Crippen LogP contribution >= 0.6 is 0 Å². The van der Waals surface area contributed by atoms with Gasteiger partial charge in [0.15, 0.2) is 0 Å². The maximum absolute atomic E-state index is 6.24. The van der Waals surface area contributed by atoms with Gasteiger partial charge < -0.3 is 41.9 Å². The Morgan fingerprint density at radius 3 is 1.23 bits per heavy atom. The highest BCUT2D eigenvalue weighted by molar-refractivity contribution is 5.44. The highest BCUT2D eigenvalue weighted by Gasteiger charge is 2.16. The Kier molecular flexibility index (Phi) is 9.61. The molecule has 1 unspecified atom stereocenters. The highest BCUT2D eigenvalue weighted by Crippen LogP contribution is 2.23. The summed E-state index contributed by atoms with van der Waals surface area (Å²) >= 11 is 0. The van der Waals surface area contributed by atoms with E-state index in [0.29, 0.717) is 47.3 Å². The van der Waals surface area contributed by atoms with Gasteiger partial charge in [0.2, 0.25) is 6.29 Å². The molecule has 8 nitrogen and oxygen atoms in total. The zero-order valence-corrected chi connectivity index (χ0v) is 21.9. The maximum atomic E-state index is 6.24. The minimum absolute atomic E-state index is 0.166. The molecule has 4 rings (SSSR count). The number of unbranched alkanes of at least 4 members (excludes halogenated alkanes) is 1. The van der Waals surface area contributed by atoms with Crippen molar-refractivity contribution in [3.8, 4) is 23.0 Å². The number of benzene rings is 4. The van der Waals surface area contributed by atoms with Crippen molar-refractivity contribution < 1.29 is 18.9 Å². The summed E-state index contributed by atoms with van der Waals surface area (Å²) in [6.07, 6.45) is 2.51. The van der Waals surface area contributed by atoms with Crippen LogP contribution in [0.15, 0.2) is 97.1 Å². The van der Waals surface area contributed by atoms with E-state index in [4.69, 9.17) is 41.9 Å². The number of ether oxygens (including phenoxy) is 4. The number of rotatable bonds is 14. The van der Waals surface area contributed by atoms with Crippen LogP contribution in [-0.2, 0) is 0 Å². The van der Waals surface area contributed by atoms with Crippen LogP contribution in [0.5, 0.6) is 23.0 Å². The summed E-state index contributed by atoms with van der Waals surface area (Å²) < 4.78 is 24.5. The number of hydrogen-bond donors (Lipinski definition) is 4. The summed E-state index contributed by atoms with van der Waals surface area (Å²) in [4.78, 5) is 0. The van der Waals surface area contributed by atoms with E-state index < -0.39 is 6.29 Å². The van der Waals surface area contributed by atoms with E-state index in [9.17, 15) is 0 Å². The normalized spacial score (nSPS) is 11.6. The first-order valence-electron chi connectivity index (χ1n) is 13.0. The Labute approximate surface area is 229 Å². The van der Waals surface area contributed by atoms with Crippen molar-refractivity contribution in [3.63, 3.8) is 0 Å². The molecule has 0 saturated carbocycles. The van der Waals surface area contributed by atoms with E-state index in [2.05, 4.69) is 0 Å². The van der Waals surface area contributed by atoms with Crippen molar-refractivity contribution in [1.82, 2.24) is 0 Å². The summed E-state index contributed by atoms with van der Waals surface area (Å²) in [6.45, 7) is 0.390. The SMILES string of the molecule is Nc1ccc(OCC(CCCCC(Oc2ccc(N)cc2)Oc2ccc(N)cc2)Oc2ccc(N)cc2)cc1. The Balaban J connectivity index is 1.35. The second-order valence-electron chi connectivity index (χ2n) is 9.28. The monoisotopic (exact) mass is 528 g/mol. The molecule has 0 aliphatic rings. The van der Waals surface area contributed by atoms with E-state index >= 15 is 0 Å². The second-order valence-corrected chi connectivity index (χ2v) is 9.28. The van der Waals surface area contributed by atoms with Gasteiger partial charge in [-0.25, -0.2) is 0 Å². The van der Waals surface area contributed by atoms with Crippen LogP contribution in [-0.4, -0.2) is 19.0 Å². The molecule has 0 amide bonds. The van der Waals surface area contributed by atoms with Gasteiger partial charge in [-0.15, -0.1) is 0 Å². The third-order valence-corrected chi connectivity index (χ3v) is 6.01. The molecule has 0 spiro atoms. The fourth-order valence-corrected chi connectivity index (χ4v) is 3.89. The molecule has 204 valence electrons. The smallest absolute Gasteiger partial charge is 0.241 e. The highest BCUT2D eigenvalue weighted by atomic mass is 16.7. The predicted molar refractivity (Wildman–Crippen MR) is 157 cm³/mol. The predicted octanol–water partition coefficient (Wildman–Crippen LogP) is 5.89. The number of anilines is 4. The Morgan fingerprint density at radius 2 is 0.795 bits per heavy atom. The number of nitrogens with two attached hydrogens (primary N) is 4. The Bertz CT molecular complexity index is 1220. The number of hydrogen-bond acceptors (Lipinski definition) is 8. The van der Waals surface area contributed by atoms with Crippen LogP contribution in [0.2, 0.25) is 0 Å². The Hall–Kier alpha value is -4.72. The second kappa shape index (κ2) is 13.7. The molecule has 0 saturated heterocycles. The van der Waals surface area contributed by atoms with Crippen molar-refractivity contribution in [2.45, 2.75) is 38.1 Å².